The van der Waals surface area contributed by atoms with Gasteiger partial charge in [-0.3, -0.25) is 0 Å². The molecule has 0 saturated carbocycles. The van der Waals surface area contributed by atoms with E-state index in [0.717, 1.165) is 42.0 Å². The Morgan fingerprint density at radius 2 is 1.71 bits per heavy atom. The zero-order valence-corrected chi connectivity index (χ0v) is 14.1. The Hall–Kier alpha value is -1.62. The molecule has 2 aromatic rings. The number of aromatic nitrogens is 2. The van der Waals surface area contributed by atoms with E-state index >= 15 is 0 Å². The molecule has 2 N–H and O–H groups in total. The summed E-state index contributed by atoms with van der Waals surface area (Å²) in [6.45, 7) is 6.01. The Labute approximate surface area is 134 Å². The molecule has 0 aliphatic carbocycles. The molecule has 1 aromatic carbocycles. The van der Waals surface area contributed by atoms with Crippen LogP contribution in [0.3, 0.4) is 0 Å². The number of nitrogens with one attached hydrogen (secondary N) is 2. The smallest absolute Gasteiger partial charge is 0.145 e. The number of nitrogens with zero attached hydrogens (tertiary/aromatic N) is 2. The van der Waals surface area contributed by atoms with Crippen molar-refractivity contribution in [3.05, 3.63) is 46.2 Å². The zero-order valence-electron chi connectivity index (χ0n) is 12.5. The fourth-order valence-electron chi connectivity index (χ4n) is 2.07. The second kappa shape index (κ2) is 7.98. The van der Waals surface area contributed by atoms with E-state index in [9.17, 15) is 0 Å². The van der Waals surface area contributed by atoms with E-state index in [1.165, 1.54) is 11.1 Å². The molecule has 1 aromatic heterocycles. The standard InChI is InChI=1S/C16H21BrN4/c1-3-9-18-15-14(17)16(21-11-20-15)19-10-8-13-7-5-4-6-12(13)2/h4-7,11H,3,8-10H2,1-2H3,(H2,18,19,20,21). The molecule has 0 atom stereocenters. The van der Waals surface area contributed by atoms with Gasteiger partial charge in [-0.1, -0.05) is 31.2 Å². The van der Waals surface area contributed by atoms with Crippen LogP contribution >= 0.6 is 15.9 Å². The first-order valence-corrected chi connectivity index (χ1v) is 8.04. The van der Waals surface area contributed by atoms with Gasteiger partial charge in [0.2, 0.25) is 0 Å². The number of aryl methyl sites for hydroxylation is 1. The van der Waals surface area contributed by atoms with Crippen LogP contribution in [-0.4, -0.2) is 23.1 Å². The summed E-state index contributed by atoms with van der Waals surface area (Å²) in [6.07, 6.45) is 3.62. The summed E-state index contributed by atoms with van der Waals surface area (Å²) < 4.78 is 0.892. The molecular weight excluding hydrogens is 328 g/mol. The molecule has 21 heavy (non-hydrogen) atoms. The van der Waals surface area contributed by atoms with E-state index in [1.54, 1.807) is 6.33 Å². The van der Waals surface area contributed by atoms with Gasteiger partial charge in [-0.05, 0) is 46.8 Å². The predicted molar refractivity (Wildman–Crippen MR) is 91.9 cm³/mol. The maximum absolute atomic E-state index is 4.29. The highest BCUT2D eigenvalue weighted by molar-refractivity contribution is 9.10. The highest BCUT2D eigenvalue weighted by atomic mass is 79.9. The van der Waals surface area contributed by atoms with Gasteiger partial charge in [0.15, 0.2) is 0 Å². The molecule has 0 spiro atoms. The Bertz CT molecular complexity index is 586. The van der Waals surface area contributed by atoms with Crippen molar-refractivity contribution in [2.24, 2.45) is 0 Å². The normalized spacial score (nSPS) is 10.4. The molecule has 0 amide bonds. The second-order valence-corrected chi connectivity index (χ2v) is 5.71. The monoisotopic (exact) mass is 348 g/mol. The third-order valence-corrected chi connectivity index (χ3v) is 4.03. The number of anilines is 2. The Kier molecular flexibility index (Phi) is 5.99. The van der Waals surface area contributed by atoms with Crippen LogP contribution in [0.15, 0.2) is 35.1 Å². The van der Waals surface area contributed by atoms with Crippen molar-refractivity contribution < 1.29 is 0 Å². The molecule has 2 rings (SSSR count). The topological polar surface area (TPSA) is 49.8 Å². The fraction of sp³-hybridized carbons (Fsp3) is 0.375. The van der Waals surface area contributed by atoms with E-state index in [-0.39, 0.29) is 0 Å². The molecule has 1 heterocycles. The number of hydrogen-bond donors (Lipinski definition) is 2. The van der Waals surface area contributed by atoms with E-state index < -0.39 is 0 Å². The lowest BCUT2D eigenvalue weighted by Crippen LogP contribution is -2.10. The van der Waals surface area contributed by atoms with Crippen molar-refractivity contribution in [1.29, 1.82) is 0 Å². The summed E-state index contributed by atoms with van der Waals surface area (Å²) in [5, 5.41) is 6.65. The van der Waals surface area contributed by atoms with Crippen LogP contribution in [0.1, 0.15) is 24.5 Å². The molecule has 5 heteroatoms. The minimum atomic E-state index is 0.831. The molecule has 4 nitrogen and oxygen atoms in total. The van der Waals surface area contributed by atoms with Gasteiger partial charge in [-0.25, -0.2) is 9.97 Å². The first kappa shape index (κ1) is 15.8. The minimum Gasteiger partial charge on any atom is -0.369 e. The second-order valence-electron chi connectivity index (χ2n) is 4.91. The summed E-state index contributed by atoms with van der Waals surface area (Å²) in [5.74, 6) is 1.67. The van der Waals surface area contributed by atoms with E-state index in [0.29, 0.717) is 0 Å². The predicted octanol–water partition coefficient (Wildman–Crippen LogP) is 4.02. The van der Waals surface area contributed by atoms with E-state index in [2.05, 4.69) is 74.6 Å². The van der Waals surface area contributed by atoms with Crippen molar-refractivity contribution in [1.82, 2.24) is 9.97 Å². The van der Waals surface area contributed by atoms with Gasteiger partial charge in [0.05, 0.1) is 0 Å². The molecule has 0 bridgehead atoms. The van der Waals surface area contributed by atoms with Gasteiger partial charge in [-0.15, -0.1) is 0 Å². The molecule has 0 unspecified atom stereocenters. The SMILES string of the molecule is CCCNc1ncnc(NCCc2ccccc2C)c1Br. The molecular formula is C16H21BrN4. The van der Waals surface area contributed by atoms with Crippen LogP contribution in [0.5, 0.6) is 0 Å². The number of halogens is 1. The maximum Gasteiger partial charge on any atom is 0.145 e. The largest absolute Gasteiger partial charge is 0.369 e. The maximum atomic E-state index is 4.29. The Morgan fingerprint density at radius 1 is 1.05 bits per heavy atom. The minimum absolute atomic E-state index is 0.831. The van der Waals surface area contributed by atoms with Gasteiger partial charge < -0.3 is 10.6 Å². The molecule has 0 radical (unpaired) electrons. The van der Waals surface area contributed by atoms with Crippen LogP contribution in [-0.2, 0) is 6.42 Å². The van der Waals surface area contributed by atoms with Crippen LogP contribution < -0.4 is 10.6 Å². The lowest BCUT2D eigenvalue weighted by Gasteiger charge is -2.12. The van der Waals surface area contributed by atoms with Crippen molar-refractivity contribution in [3.63, 3.8) is 0 Å². The fourth-order valence-corrected chi connectivity index (χ4v) is 2.55. The molecule has 0 fully saturated rings. The summed E-state index contributed by atoms with van der Waals surface area (Å²) in [4.78, 5) is 8.54. The number of benzene rings is 1. The van der Waals surface area contributed by atoms with Crippen molar-refractivity contribution in [2.45, 2.75) is 26.7 Å². The van der Waals surface area contributed by atoms with Gasteiger partial charge in [0.25, 0.3) is 0 Å². The first-order valence-electron chi connectivity index (χ1n) is 7.25. The average molecular weight is 349 g/mol. The summed E-state index contributed by atoms with van der Waals surface area (Å²) in [7, 11) is 0. The Morgan fingerprint density at radius 3 is 2.38 bits per heavy atom. The summed E-state index contributed by atoms with van der Waals surface area (Å²) >= 11 is 3.56. The van der Waals surface area contributed by atoms with Crippen LogP contribution in [0.25, 0.3) is 0 Å². The highest BCUT2D eigenvalue weighted by Gasteiger charge is 2.07. The summed E-state index contributed by atoms with van der Waals surface area (Å²) in [6, 6.07) is 8.46. The summed E-state index contributed by atoms with van der Waals surface area (Å²) in [5.41, 5.74) is 2.69. The van der Waals surface area contributed by atoms with Gasteiger partial charge in [0, 0.05) is 13.1 Å². The average Bonchev–Trinajstić information content (AvgIpc) is 2.49. The zero-order chi connectivity index (χ0) is 15.1. The number of rotatable bonds is 7. The van der Waals surface area contributed by atoms with E-state index in [4.69, 9.17) is 0 Å². The van der Waals surface area contributed by atoms with E-state index in [1.807, 2.05) is 0 Å². The lowest BCUT2D eigenvalue weighted by molar-refractivity contribution is 0.955. The van der Waals surface area contributed by atoms with Crippen molar-refractivity contribution >= 4 is 27.6 Å². The highest BCUT2D eigenvalue weighted by Crippen LogP contribution is 2.26. The number of hydrogen-bond acceptors (Lipinski definition) is 4. The lowest BCUT2D eigenvalue weighted by atomic mass is 10.1. The van der Waals surface area contributed by atoms with Crippen molar-refractivity contribution in [3.8, 4) is 0 Å². The molecule has 0 aliphatic rings. The molecule has 112 valence electrons. The third-order valence-electron chi connectivity index (χ3n) is 3.28. The van der Waals surface area contributed by atoms with Crippen LogP contribution in [0.2, 0.25) is 0 Å². The van der Waals surface area contributed by atoms with Crippen LogP contribution in [0, 0.1) is 6.92 Å². The first-order chi connectivity index (χ1) is 10.2. The van der Waals surface area contributed by atoms with Crippen molar-refractivity contribution in [2.75, 3.05) is 23.7 Å². The molecule has 0 saturated heterocycles. The van der Waals surface area contributed by atoms with Crippen LogP contribution in [0.4, 0.5) is 11.6 Å². The van der Waals surface area contributed by atoms with Gasteiger partial charge in [0.1, 0.15) is 22.4 Å². The van der Waals surface area contributed by atoms with Gasteiger partial charge in [-0.2, -0.15) is 0 Å². The van der Waals surface area contributed by atoms with Gasteiger partial charge >= 0.3 is 0 Å². The third kappa shape index (κ3) is 4.43. The molecule has 0 aliphatic heterocycles. The Balaban J connectivity index is 1.95. The quantitative estimate of drug-likeness (QED) is 0.793.